The van der Waals surface area contributed by atoms with Gasteiger partial charge in [0.25, 0.3) is 5.56 Å². The summed E-state index contributed by atoms with van der Waals surface area (Å²) in [4.78, 5) is 17.5. The lowest BCUT2D eigenvalue weighted by atomic mass is 10.1. The third-order valence-corrected chi connectivity index (χ3v) is 4.95. The molecule has 27 heavy (non-hydrogen) atoms. The Balaban J connectivity index is 1.85. The van der Waals surface area contributed by atoms with Gasteiger partial charge in [-0.3, -0.25) is 9.79 Å². The Hall–Kier alpha value is -2.92. The highest BCUT2D eigenvalue weighted by atomic mass is 16.5. The molecule has 1 N–H and O–H groups in total. The van der Waals surface area contributed by atoms with Gasteiger partial charge in [-0.1, -0.05) is 35.9 Å². The number of hydrogen-bond acceptors (Lipinski definition) is 4. The molecule has 0 saturated carbocycles. The summed E-state index contributed by atoms with van der Waals surface area (Å²) in [5, 5.41) is 12.2. The maximum atomic E-state index is 13.0. The Bertz CT molecular complexity index is 1050. The number of pyridine rings is 1. The van der Waals surface area contributed by atoms with Crippen molar-refractivity contribution in [1.82, 2.24) is 4.57 Å². The highest BCUT2D eigenvalue weighted by Crippen LogP contribution is 2.26. The zero-order valence-corrected chi connectivity index (χ0v) is 15.3. The van der Waals surface area contributed by atoms with Crippen LogP contribution in [-0.2, 0) is 4.74 Å². The van der Waals surface area contributed by atoms with Crippen molar-refractivity contribution in [3.63, 3.8) is 0 Å². The number of aromatic hydroxyl groups is 1. The molecule has 2 aromatic carbocycles. The lowest BCUT2D eigenvalue weighted by Gasteiger charge is -2.14. The number of ether oxygens (including phenoxy) is 1. The van der Waals surface area contributed by atoms with Gasteiger partial charge in [-0.15, -0.1) is 0 Å². The van der Waals surface area contributed by atoms with Crippen molar-refractivity contribution in [3.8, 4) is 11.6 Å². The first-order chi connectivity index (χ1) is 13.1. The van der Waals surface area contributed by atoms with Crippen LogP contribution in [0.15, 0.2) is 58.3 Å². The van der Waals surface area contributed by atoms with Gasteiger partial charge < -0.3 is 9.84 Å². The molecular formula is C22H22N2O3. The van der Waals surface area contributed by atoms with Crippen LogP contribution in [0.3, 0.4) is 0 Å². The van der Waals surface area contributed by atoms with Gasteiger partial charge in [0.1, 0.15) is 0 Å². The smallest absolute Gasteiger partial charge is 0.265 e. The first-order valence-corrected chi connectivity index (χ1v) is 9.20. The predicted octanol–water partition coefficient (Wildman–Crippen LogP) is 3.60. The van der Waals surface area contributed by atoms with E-state index in [1.165, 1.54) is 4.57 Å². The molecule has 1 fully saturated rings. The second kappa shape index (κ2) is 7.37. The zero-order chi connectivity index (χ0) is 18.8. The van der Waals surface area contributed by atoms with Crippen LogP contribution in [-0.4, -0.2) is 35.1 Å². The summed E-state index contributed by atoms with van der Waals surface area (Å²) in [5.74, 6) is -0.0985. The van der Waals surface area contributed by atoms with E-state index in [-0.39, 0.29) is 17.5 Å². The van der Waals surface area contributed by atoms with Gasteiger partial charge in [0, 0.05) is 23.6 Å². The Morgan fingerprint density at radius 1 is 1.19 bits per heavy atom. The maximum Gasteiger partial charge on any atom is 0.265 e. The summed E-state index contributed by atoms with van der Waals surface area (Å²) in [5.41, 5.74) is 2.01. The summed E-state index contributed by atoms with van der Waals surface area (Å²) in [6, 6.07) is 14.8. The van der Waals surface area contributed by atoms with Crippen molar-refractivity contribution in [1.29, 1.82) is 0 Å². The van der Waals surface area contributed by atoms with Crippen molar-refractivity contribution in [2.45, 2.75) is 25.9 Å². The van der Waals surface area contributed by atoms with E-state index in [9.17, 15) is 9.90 Å². The molecule has 0 aliphatic carbocycles. The molecule has 138 valence electrons. The van der Waals surface area contributed by atoms with Gasteiger partial charge >= 0.3 is 0 Å². The molecule has 1 aliphatic heterocycles. The minimum atomic E-state index is -0.247. The fraction of sp³-hybridized carbons (Fsp3) is 0.273. The Morgan fingerprint density at radius 3 is 2.63 bits per heavy atom. The van der Waals surface area contributed by atoms with Crippen molar-refractivity contribution in [2.24, 2.45) is 4.99 Å². The molecule has 5 heteroatoms. The highest BCUT2D eigenvalue weighted by Gasteiger charge is 2.17. The standard InChI is InChI=1S/C22H22N2O3/c1-15-8-10-16(11-9-15)24-21(25)19-7-3-2-6-18(19)20(22(24)26)14-23-13-17-5-4-12-27-17/h2-3,6-11,14,17,26H,4-5,12-13H2,1H3. The number of benzene rings is 2. The van der Waals surface area contributed by atoms with E-state index in [2.05, 4.69) is 4.99 Å². The quantitative estimate of drug-likeness (QED) is 0.721. The normalized spacial score (nSPS) is 17.1. The van der Waals surface area contributed by atoms with Gasteiger partial charge in [0.15, 0.2) is 0 Å². The monoisotopic (exact) mass is 362 g/mol. The Kier molecular flexibility index (Phi) is 4.77. The van der Waals surface area contributed by atoms with E-state index >= 15 is 0 Å². The number of fused-ring (bicyclic) bond motifs is 1. The summed E-state index contributed by atoms with van der Waals surface area (Å²) >= 11 is 0. The first-order valence-electron chi connectivity index (χ1n) is 9.20. The first kappa shape index (κ1) is 17.5. The summed E-state index contributed by atoms with van der Waals surface area (Å²) in [6.07, 6.45) is 3.86. The molecule has 1 unspecified atom stereocenters. The molecule has 1 aliphatic rings. The van der Waals surface area contributed by atoms with Crippen LogP contribution in [0.25, 0.3) is 16.5 Å². The molecule has 3 aromatic rings. The number of hydrogen-bond donors (Lipinski definition) is 1. The van der Waals surface area contributed by atoms with Crippen molar-refractivity contribution in [3.05, 3.63) is 70.0 Å². The molecule has 0 bridgehead atoms. The van der Waals surface area contributed by atoms with Crippen LogP contribution in [0.2, 0.25) is 0 Å². The molecule has 0 amide bonds. The average molecular weight is 362 g/mol. The number of aryl methyl sites for hydroxylation is 1. The maximum absolute atomic E-state index is 13.0. The fourth-order valence-corrected chi connectivity index (χ4v) is 3.47. The molecule has 1 saturated heterocycles. The Labute approximate surface area is 157 Å². The van der Waals surface area contributed by atoms with Crippen LogP contribution in [0.1, 0.15) is 24.0 Å². The van der Waals surface area contributed by atoms with E-state index in [0.717, 1.165) is 25.0 Å². The fourth-order valence-electron chi connectivity index (χ4n) is 3.47. The molecule has 2 heterocycles. The summed E-state index contributed by atoms with van der Waals surface area (Å²) in [7, 11) is 0. The average Bonchev–Trinajstić information content (AvgIpc) is 3.19. The van der Waals surface area contributed by atoms with Gasteiger partial charge in [0.05, 0.1) is 23.9 Å². The van der Waals surface area contributed by atoms with E-state index < -0.39 is 0 Å². The molecule has 1 atom stereocenters. The van der Waals surface area contributed by atoms with Crippen molar-refractivity contribution < 1.29 is 9.84 Å². The second-order valence-corrected chi connectivity index (χ2v) is 6.89. The minimum absolute atomic E-state index is 0.0985. The van der Waals surface area contributed by atoms with E-state index in [1.807, 2.05) is 49.4 Å². The van der Waals surface area contributed by atoms with Crippen molar-refractivity contribution >= 4 is 17.0 Å². The largest absolute Gasteiger partial charge is 0.494 e. The lowest BCUT2D eigenvalue weighted by molar-refractivity contribution is 0.118. The molecule has 0 radical (unpaired) electrons. The number of nitrogens with zero attached hydrogens (tertiary/aromatic N) is 2. The third kappa shape index (κ3) is 3.38. The SMILES string of the molecule is Cc1ccc(-n2c(O)c(C=NCC3CCCO3)c3ccccc3c2=O)cc1. The number of aliphatic imine (C=N–C) groups is 1. The van der Waals surface area contributed by atoms with Crippen LogP contribution in [0.5, 0.6) is 5.88 Å². The highest BCUT2D eigenvalue weighted by molar-refractivity contribution is 6.01. The molecule has 4 rings (SSSR count). The molecule has 1 aromatic heterocycles. The summed E-state index contributed by atoms with van der Waals surface area (Å²) < 4.78 is 6.94. The van der Waals surface area contributed by atoms with Crippen LogP contribution < -0.4 is 5.56 Å². The van der Waals surface area contributed by atoms with Crippen LogP contribution in [0, 0.1) is 6.92 Å². The van der Waals surface area contributed by atoms with E-state index in [1.54, 1.807) is 12.3 Å². The lowest BCUT2D eigenvalue weighted by Crippen LogP contribution is -2.20. The summed E-state index contributed by atoms with van der Waals surface area (Å²) in [6.45, 7) is 3.32. The zero-order valence-electron chi connectivity index (χ0n) is 15.3. The molecular weight excluding hydrogens is 340 g/mol. The minimum Gasteiger partial charge on any atom is -0.494 e. The van der Waals surface area contributed by atoms with Gasteiger partial charge in [-0.2, -0.15) is 0 Å². The van der Waals surface area contributed by atoms with Crippen LogP contribution in [0.4, 0.5) is 0 Å². The Morgan fingerprint density at radius 2 is 1.93 bits per heavy atom. The van der Waals surface area contributed by atoms with E-state index in [0.29, 0.717) is 28.6 Å². The number of aromatic nitrogens is 1. The van der Waals surface area contributed by atoms with E-state index in [4.69, 9.17) is 4.74 Å². The van der Waals surface area contributed by atoms with Gasteiger partial charge in [-0.25, -0.2) is 4.57 Å². The van der Waals surface area contributed by atoms with Crippen LogP contribution >= 0.6 is 0 Å². The topological polar surface area (TPSA) is 63.8 Å². The van der Waals surface area contributed by atoms with Crippen molar-refractivity contribution in [2.75, 3.05) is 13.2 Å². The number of rotatable bonds is 4. The predicted molar refractivity (Wildman–Crippen MR) is 107 cm³/mol. The third-order valence-electron chi connectivity index (χ3n) is 4.95. The molecule has 0 spiro atoms. The second-order valence-electron chi connectivity index (χ2n) is 6.89. The van der Waals surface area contributed by atoms with Gasteiger partial charge in [0.2, 0.25) is 5.88 Å². The van der Waals surface area contributed by atoms with Gasteiger partial charge in [-0.05, 0) is 38.0 Å². The molecule has 5 nitrogen and oxygen atoms in total.